The quantitative estimate of drug-likeness (QED) is 0.452. The summed E-state index contributed by atoms with van der Waals surface area (Å²) in [4.78, 5) is 12.4. The molecule has 1 aromatic heterocycles. The van der Waals surface area contributed by atoms with Gasteiger partial charge in [-0.25, -0.2) is 8.42 Å². The molecule has 166 valence electrons. The normalized spacial score (nSPS) is 11.5. The highest BCUT2D eigenvalue weighted by molar-refractivity contribution is 8.01. The zero-order valence-corrected chi connectivity index (χ0v) is 19.9. The molecule has 0 bridgehead atoms. The summed E-state index contributed by atoms with van der Waals surface area (Å²) in [6, 6.07) is 4.63. The Morgan fingerprint density at radius 3 is 2.57 bits per heavy atom. The van der Waals surface area contributed by atoms with Crippen molar-refractivity contribution in [3.8, 4) is 5.75 Å². The Kier molecular flexibility index (Phi) is 9.34. The van der Waals surface area contributed by atoms with Crippen molar-refractivity contribution in [1.82, 2.24) is 14.5 Å². The van der Waals surface area contributed by atoms with E-state index in [1.54, 1.807) is 32.9 Å². The number of hydrogen-bond donors (Lipinski definition) is 2. The number of amides is 1. The molecule has 0 unspecified atom stereocenters. The van der Waals surface area contributed by atoms with E-state index in [9.17, 15) is 13.2 Å². The number of carbonyl (C=O) groups is 1. The van der Waals surface area contributed by atoms with Crippen LogP contribution in [-0.2, 0) is 14.8 Å². The molecule has 9 nitrogen and oxygen atoms in total. The number of sulfonamides is 1. The van der Waals surface area contributed by atoms with Crippen LogP contribution in [0.3, 0.4) is 0 Å². The number of nitrogens with one attached hydrogen (secondary N) is 2. The Balaban J connectivity index is 2.14. The first-order valence-corrected chi connectivity index (χ1v) is 12.9. The number of ether oxygens (including phenoxy) is 1. The summed E-state index contributed by atoms with van der Waals surface area (Å²) in [5, 5.41) is 14.5. The first-order valence-electron chi connectivity index (χ1n) is 9.62. The lowest BCUT2D eigenvalue weighted by Crippen LogP contribution is -2.31. The summed E-state index contributed by atoms with van der Waals surface area (Å²) in [5.74, 6) is 0.128. The van der Waals surface area contributed by atoms with Crippen molar-refractivity contribution in [2.24, 2.45) is 0 Å². The van der Waals surface area contributed by atoms with Gasteiger partial charge in [0.05, 0.1) is 12.4 Å². The van der Waals surface area contributed by atoms with Gasteiger partial charge < -0.3 is 15.4 Å². The molecule has 0 fully saturated rings. The lowest BCUT2D eigenvalue weighted by molar-refractivity contribution is -0.113. The van der Waals surface area contributed by atoms with Crippen LogP contribution in [0.1, 0.15) is 27.7 Å². The van der Waals surface area contributed by atoms with E-state index >= 15 is 0 Å². The van der Waals surface area contributed by atoms with Crippen LogP contribution in [0, 0.1) is 0 Å². The molecule has 0 aliphatic carbocycles. The van der Waals surface area contributed by atoms with Gasteiger partial charge in [-0.05, 0) is 32.0 Å². The highest BCUT2D eigenvalue weighted by Crippen LogP contribution is 2.30. The Morgan fingerprint density at radius 1 is 1.20 bits per heavy atom. The zero-order chi connectivity index (χ0) is 22.1. The van der Waals surface area contributed by atoms with Crippen molar-refractivity contribution < 1.29 is 17.9 Å². The average molecular weight is 474 g/mol. The van der Waals surface area contributed by atoms with Gasteiger partial charge in [0.2, 0.25) is 21.1 Å². The van der Waals surface area contributed by atoms with Crippen LogP contribution in [-0.4, -0.2) is 60.8 Å². The fourth-order valence-electron chi connectivity index (χ4n) is 2.58. The third-order valence-electron chi connectivity index (χ3n) is 3.91. The number of hydrogen-bond acceptors (Lipinski definition) is 9. The second-order valence-corrected chi connectivity index (χ2v) is 10.0. The van der Waals surface area contributed by atoms with Crippen LogP contribution in [0.4, 0.5) is 10.8 Å². The Morgan fingerprint density at radius 2 is 1.93 bits per heavy atom. The highest BCUT2D eigenvalue weighted by atomic mass is 32.2. The van der Waals surface area contributed by atoms with E-state index in [4.69, 9.17) is 4.74 Å². The SMILES string of the molecule is CCNc1nnc(SCC(=O)Nc2ccc(OCC)c(S(=O)(=O)N(CC)CC)c2)s1. The van der Waals surface area contributed by atoms with Gasteiger partial charge in [0.1, 0.15) is 10.6 Å². The topological polar surface area (TPSA) is 114 Å². The maximum atomic E-state index is 13.0. The molecule has 0 atom stereocenters. The van der Waals surface area contributed by atoms with Crippen LogP contribution in [0.2, 0.25) is 0 Å². The molecule has 30 heavy (non-hydrogen) atoms. The molecule has 1 heterocycles. The molecule has 12 heteroatoms. The van der Waals surface area contributed by atoms with Gasteiger partial charge in [-0.2, -0.15) is 4.31 Å². The second kappa shape index (κ2) is 11.5. The minimum atomic E-state index is -3.74. The third-order valence-corrected chi connectivity index (χ3v) is 8.00. The van der Waals surface area contributed by atoms with Gasteiger partial charge in [0.15, 0.2) is 4.34 Å². The summed E-state index contributed by atoms with van der Waals surface area (Å²) in [5.41, 5.74) is 0.389. The highest BCUT2D eigenvalue weighted by Gasteiger charge is 2.26. The molecule has 1 aromatic carbocycles. The number of carbonyl (C=O) groups excluding carboxylic acids is 1. The Bertz CT molecular complexity index is 945. The van der Waals surface area contributed by atoms with Gasteiger partial charge >= 0.3 is 0 Å². The predicted molar refractivity (Wildman–Crippen MR) is 121 cm³/mol. The molecule has 0 saturated carbocycles. The van der Waals surface area contributed by atoms with Gasteiger partial charge in [-0.3, -0.25) is 4.79 Å². The van der Waals surface area contributed by atoms with Crippen molar-refractivity contribution in [3.05, 3.63) is 18.2 Å². The van der Waals surface area contributed by atoms with E-state index in [2.05, 4.69) is 20.8 Å². The van der Waals surface area contributed by atoms with Gasteiger partial charge in [0.25, 0.3) is 0 Å². The van der Waals surface area contributed by atoms with Gasteiger partial charge in [-0.1, -0.05) is 36.9 Å². The van der Waals surface area contributed by atoms with Crippen LogP contribution in [0.15, 0.2) is 27.4 Å². The lowest BCUT2D eigenvalue weighted by Gasteiger charge is -2.21. The maximum absolute atomic E-state index is 13.0. The van der Waals surface area contributed by atoms with Crippen molar-refractivity contribution in [1.29, 1.82) is 0 Å². The summed E-state index contributed by atoms with van der Waals surface area (Å²) < 4.78 is 33.5. The minimum absolute atomic E-state index is 0.0397. The van der Waals surface area contributed by atoms with Crippen molar-refractivity contribution >= 4 is 49.8 Å². The molecular weight excluding hydrogens is 446 g/mol. The standard InChI is InChI=1S/C18H27N5O4S3/c1-5-19-17-21-22-18(29-17)28-12-16(24)20-13-9-10-14(27-8-4)15(11-13)30(25,26)23(6-2)7-3/h9-11H,5-8,12H2,1-4H3,(H,19,21)(H,20,24). The molecular formula is C18H27N5O4S3. The average Bonchev–Trinajstić information content (AvgIpc) is 3.16. The number of aromatic nitrogens is 2. The molecule has 0 radical (unpaired) electrons. The fraction of sp³-hybridized carbons (Fsp3) is 0.500. The minimum Gasteiger partial charge on any atom is -0.492 e. The third kappa shape index (κ3) is 6.30. The summed E-state index contributed by atoms with van der Waals surface area (Å²) in [6.07, 6.45) is 0. The molecule has 1 amide bonds. The monoisotopic (exact) mass is 473 g/mol. The lowest BCUT2D eigenvalue weighted by atomic mass is 10.3. The first-order chi connectivity index (χ1) is 14.3. The summed E-state index contributed by atoms with van der Waals surface area (Å²) >= 11 is 2.64. The van der Waals surface area contributed by atoms with Crippen LogP contribution >= 0.6 is 23.1 Å². The molecule has 0 saturated heterocycles. The van der Waals surface area contributed by atoms with Crippen LogP contribution in [0.5, 0.6) is 5.75 Å². The van der Waals surface area contributed by atoms with E-state index in [0.717, 1.165) is 6.54 Å². The van der Waals surface area contributed by atoms with Crippen molar-refractivity contribution in [3.63, 3.8) is 0 Å². The Hall–Kier alpha value is -1.89. The predicted octanol–water partition coefficient (Wildman–Crippen LogP) is 3.13. The summed E-state index contributed by atoms with van der Waals surface area (Å²) in [7, 11) is -3.74. The van der Waals surface area contributed by atoms with Gasteiger partial charge in [-0.15, -0.1) is 10.2 Å². The number of benzene rings is 1. The number of rotatable bonds is 12. The molecule has 2 N–H and O–H groups in total. The van der Waals surface area contributed by atoms with E-state index < -0.39 is 10.0 Å². The molecule has 2 rings (SSSR count). The van der Waals surface area contributed by atoms with Crippen molar-refractivity contribution in [2.45, 2.75) is 36.9 Å². The van der Waals surface area contributed by atoms with E-state index in [1.807, 2.05) is 6.92 Å². The number of nitrogens with zero attached hydrogens (tertiary/aromatic N) is 3. The van der Waals surface area contributed by atoms with Crippen LogP contribution < -0.4 is 15.4 Å². The van der Waals surface area contributed by atoms with E-state index in [-0.39, 0.29) is 22.3 Å². The van der Waals surface area contributed by atoms with Gasteiger partial charge in [0, 0.05) is 25.3 Å². The molecule has 0 spiro atoms. The first kappa shape index (κ1) is 24.4. The molecule has 2 aromatic rings. The smallest absolute Gasteiger partial charge is 0.246 e. The van der Waals surface area contributed by atoms with E-state index in [1.165, 1.54) is 33.5 Å². The second-order valence-electron chi connectivity index (χ2n) is 5.92. The largest absolute Gasteiger partial charge is 0.492 e. The molecule has 0 aliphatic rings. The van der Waals surface area contributed by atoms with Crippen LogP contribution in [0.25, 0.3) is 0 Å². The van der Waals surface area contributed by atoms with Crippen molar-refractivity contribution in [2.75, 3.05) is 42.6 Å². The Labute approximate surface area is 185 Å². The maximum Gasteiger partial charge on any atom is 0.246 e. The number of anilines is 2. The zero-order valence-electron chi connectivity index (χ0n) is 17.5. The number of thioether (sulfide) groups is 1. The fourth-order valence-corrected chi connectivity index (χ4v) is 5.81. The molecule has 0 aliphatic heterocycles. The summed E-state index contributed by atoms with van der Waals surface area (Å²) in [6.45, 7) is 9.07. The van der Waals surface area contributed by atoms with E-state index in [0.29, 0.717) is 34.9 Å².